The molecule has 132 valence electrons. The molecule has 0 atom stereocenters. The molecule has 0 saturated carbocycles. The largest absolute Gasteiger partial charge is 0.493 e. The summed E-state index contributed by atoms with van der Waals surface area (Å²) in [4.78, 5) is 19.4. The Morgan fingerprint density at radius 3 is 2.44 bits per heavy atom. The normalized spacial score (nSPS) is 13.6. The summed E-state index contributed by atoms with van der Waals surface area (Å²) >= 11 is 0. The van der Waals surface area contributed by atoms with Gasteiger partial charge in [0.2, 0.25) is 0 Å². The quantitative estimate of drug-likeness (QED) is 0.904. The van der Waals surface area contributed by atoms with Crippen molar-refractivity contribution in [3.05, 3.63) is 41.6 Å². The van der Waals surface area contributed by atoms with E-state index in [1.165, 1.54) is 12.8 Å². The smallest absolute Gasteiger partial charge is 0.255 e. The molecule has 1 aromatic heterocycles. The van der Waals surface area contributed by atoms with Crippen LogP contribution >= 0.6 is 0 Å². The molecule has 2 aromatic rings. The molecule has 0 bridgehead atoms. The Hall–Kier alpha value is -2.76. The van der Waals surface area contributed by atoms with Crippen LogP contribution in [0.5, 0.6) is 11.5 Å². The molecule has 1 aromatic carbocycles. The first-order chi connectivity index (χ1) is 12.1. The van der Waals surface area contributed by atoms with Crippen molar-refractivity contribution in [1.82, 2.24) is 4.98 Å². The van der Waals surface area contributed by atoms with Crippen LogP contribution in [0.25, 0.3) is 0 Å². The maximum absolute atomic E-state index is 12.5. The van der Waals surface area contributed by atoms with Crippen molar-refractivity contribution in [2.45, 2.75) is 19.8 Å². The Kier molecular flexibility index (Phi) is 5.07. The zero-order chi connectivity index (χ0) is 17.8. The zero-order valence-corrected chi connectivity index (χ0v) is 14.8. The summed E-state index contributed by atoms with van der Waals surface area (Å²) in [6.07, 6.45) is 2.41. The first-order valence-electron chi connectivity index (χ1n) is 8.38. The lowest BCUT2D eigenvalue weighted by Gasteiger charge is -2.18. The molecule has 1 saturated heterocycles. The maximum Gasteiger partial charge on any atom is 0.255 e. The van der Waals surface area contributed by atoms with Crippen LogP contribution in [0.4, 0.5) is 11.5 Å². The lowest BCUT2D eigenvalue weighted by Crippen LogP contribution is -2.20. The molecule has 2 heterocycles. The number of anilines is 2. The molecule has 1 aliphatic rings. The van der Waals surface area contributed by atoms with Gasteiger partial charge in [0.25, 0.3) is 5.91 Å². The molecule has 0 aliphatic carbocycles. The van der Waals surface area contributed by atoms with E-state index in [0.717, 1.165) is 24.6 Å². The van der Waals surface area contributed by atoms with Crippen molar-refractivity contribution < 1.29 is 14.3 Å². The standard InChI is InChI=1S/C19H23N3O3/c1-13-15(7-9-18(20-13)22-10-4-5-11-22)21-19(23)14-6-8-16(24-2)17(12-14)25-3/h6-9,12H,4-5,10-11H2,1-3H3,(H,21,23). The second-order valence-electron chi connectivity index (χ2n) is 6.02. The molecule has 6 nitrogen and oxygen atoms in total. The van der Waals surface area contributed by atoms with Crippen molar-refractivity contribution in [2.24, 2.45) is 0 Å². The van der Waals surface area contributed by atoms with Gasteiger partial charge < -0.3 is 19.7 Å². The molecule has 0 spiro atoms. The van der Waals surface area contributed by atoms with Gasteiger partial charge in [-0.1, -0.05) is 0 Å². The molecule has 1 aliphatic heterocycles. The second kappa shape index (κ2) is 7.42. The summed E-state index contributed by atoms with van der Waals surface area (Å²) in [5.41, 5.74) is 2.02. The molecule has 0 radical (unpaired) electrons. The predicted molar refractivity (Wildman–Crippen MR) is 97.9 cm³/mol. The third-order valence-electron chi connectivity index (χ3n) is 4.40. The lowest BCUT2D eigenvalue weighted by atomic mass is 10.1. The van der Waals surface area contributed by atoms with Crippen LogP contribution in [0.15, 0.2) is 30.3 Å². The number of rotatable bonds is 5. The van der Waals surface area contributed by atoms with Crippen LogP contribution in [0.3, 0.4) is 0 Å². The SMILES string of the molecule is COc1ccc(C(=O)Nc2ccc(N3CCCC3)nc2C)cc1OC. The average Bonchev–Trinajstić information content (AvgIpc) is 3.17. The van der Waals surface area contributed by atoms with Gasteiger partial charge in [0.1, 0.15) is 5.82 Å². The van der Waals surface area contributed by atoms with E-state index < -0.39 is 0 Å². The van der Waals surface area contributed by atoms with Gasteiger partial charge in [-0.15, -0.1) is 0 Å². The summed E-state index contributed by atoms with van der Waals surface area (Å²) in [7, 11) is 3.11. The van der Waals surface area contributed by atoms with Crippen molar-refractivity contribution in [1.29, 1.82) is 0 Å². The third-order valence-corrected chi connectivity index (χ3v) is 4.40. The van der Waals surface area contributed by atoms with Gasteiger partial charge in [0.15, 0.2) is 11.5 Å². The van der Waals surface area contributed by atoms with Gasteiger partial charge in [-0.2, -0.15) is 0 Å². The topological polar surface area (TPSA) is 63.7 Å². The lowest BCUT2D eigenvalue weighted by molar-refractivity contribution is 0.102. The van der Waals surface area contributed by atoms with E-state index >= 15 is 0 Å². The first kappa shape index (κ1) is 17.1. The molecule has 6 heteroatoms. The number of hydrogen-bond acceptors (Lipinski definition) is 5. The van der Waals surface area contributed by atoms with E-state index in [-0.39, 0.29) is 5.91 Å². The van der Waals surface area contributed by atoms with Crippen LogP contribution in [-0.2, 0) is 0 Å². The number of nitrogens with one attached hydrogen (secondary N) is 1. The number of nitrogens with zero attached hydrogens (tertiary/aromatic N) is 2. The molecule has 1 N–H and O–H groups in total. The van der Waals surface area contributed by atoms with Gasteiger partial charge in [-0.05, 0) is 50.1 Å². The van der Waals surface area contributed by atoms with Crippen molar-refractivity contribution >= 4 is 17.4 Å². The second-order valence-corrected chi connectivity index (χ2v) is 6.02. The highest BCUT2D eigenvalue weighted by molar-refractivity contribution is 6.05. The summed E-state index contributed by atoms with van der Waals surface area (Å²) in [5.74, 6) is 1.88. The molecular formula is C19H23N3O3. The third kappa shape index (κ3) is 3.68. The minimum Gasteiger partial charge on any atom is -0.493 e. The van der Waals surface area contributed by atoms with E-state index in [9.17, 15) is 4.79 Å². The molecule has 3 rings (SSSR count). The van der Waals surface area contributed by atoms with Gasteiger partial charge in [0, 0.05) is 18.7 Å². The molecule has 0 unspecified atom stereocenters. The molecule has 1 amide bonds. The fourth-order valence-corrected chi connectivity index (χ4v) is 2.97. The Balaban J connectivity index is 1.76. The average molecular weight is 341 g/mol. The number of hydrogen-bond donors (Lipinski definition) is 1. The molecule has 1 fully saturated rings. The maximum atomic E-state index is 12.5. The number of benzene rings is 1. The van der Waals surface area contributed by atoms with E-state index in [2.05, 4.69) is 15.2 Å². The van der Waals surface area contributed by atoms with Crippen molar-refractivity contribution in [2.75, 3.05) is 37.5 Å². The Labute approximate surface area is 147 Å². The van der Waals surface area contributed by atoms with Crippen LogP contribution < -0.4 is 19.7 Å². The Morgan fingerprint density at radius 2 is 1.80 bits per heavy atom. The number of carbonyl (C=O) groups excluding carboxylic acids is 1. The number of aryl methyl sites for hydroxylation is 1. The molecular weight excluding hydrogens is 318 g/mol. The van der Waals surface area contributed by atoms with Gasteiger partial charge in [-0.3, -0.25) is 4.79 Å². The number of amides is 1. The van der Waals surface area contributed by atoms with E-state index in [4.69, 9.17) is 9.47 Å². The minimum atomic E-state index is -0.209. The van der Waals surface area contributed by atoms with E-state index in [1.54, 1.807) is 32.4 Å². The summed E-state index contributed by atoms with van der Waals surface area (Å²) in [6.45, 7) is 4.00. The Morgan fingerprint density at radius 1 is 1.08 bits per heavy atom. The summed E-state index contributed by atoms with van der Waals surface area (Å²) in [5, 5.41) is 2.92. The van der Waals surface area contributed by atoms with Crippen LogP contribution in [0.1, 0.15) is 28.9 Å². The van der Waals surface area contributed by atoms with E-state index in [1.807, 2.05) is 19.1 Å². The fraction of sp³-hybridized carbons (Fsp3) is 0.368. The number of pyridine rings is 1. The first-order valence-corrected chi connectivity index (χ1v) is 8.38. The highest BCUT2D eigenvalue weighted by Crippen LogP contribution is 2.28. The highest BCUT2D eigenvalue weighted by Gasteiger charge is 2.16. The zero-order valence-electron chi connectivity index (χ0n) is 14.8. The van der Waals surface area contributed by atoms with Gasteiger partial charge >= 0.3 is 0 Å². The van der Waals surface area contributed by atoms with Gasteiger partial charge in [0.05, 0.1) is 25.6 Å². The number of ether oxygens (including phenoxy) is 2. The monoisotopic (exact) mass is 341 g/mol. The Bertz CT molecular complexity index is 771. The van der Waals surface area contributed by atoms with Crippen molar-refractivity contribution in [3.63, 3.8) is 0 Å². The molecule has 25 heavy (non-hydrogen) atoms. The summed E-state index contributed by atoms with van der Waals surface area (Å²) < 4.78 is 10.4. The number of aromatic nitrogens is 1. The van der Waals surface area contributed by atoms with Crippen LogP contribution in [0, 0.1) is 6.92 Å². The number of methoxy groups -OCH3 is 2. The number of carbonyl (C=O) groups is 1. The minimum absolute atomic E-state index is 0.209. The van der Waals surface area contributed by atoms with Crippen LogP contribution in [-0.4, -0.2) is 38.2 Å². The van der Waals surface area contributed by atoms with Gasteiger partial charge in [-0.25, -0.2) is 4.98 Å². The summed E-state index contributed by atoms with van der Waals surface area (Å²) in [6, 6.07) is 8.96. The van der Waals surface area contributed by atoms with Crippen LogP contribution in [0.2, 0.25) is 0 Å². The fourth-order valence-electron chi connectivity index (χ4n) is 2.97. The highest BCUT2D eigenvalue weighted by atomic mass is 16.5. The van der Waals surface area contributed by atoms with E-state index in [0.29, 0.717) is 22.7 Å². The predicted octanol–water partition coefficient (Wildman–Crippen LogP) is 3.26. The van der Waals surface area contributed by atoms with Crippen molar-refractivity contribution in [3.8, 4) is 11.5 Å².